The molecule has 2 aromatic heterocycles. The number of esters is 1. The highest BCUT2D eigenvalue weighted by molar-refractivity contribution is 7.13. The lowest BCUT2D eigenvalue weighted by molar-refractivity contribution is -0.173. The Morgan fingerprint density at radius 3 is 2.54 bits per heavy atom. The first kappa shape index (κ1) is 14.6. The van der Waals surface area contributed by atoms with Gasteiger partial charge >= 0.3 is 5.97 Å². The van der Waals surface area contributed by atoms with Crippen LogP contribution in [0.4, 0.5) is 0 Å². The second-order valence-corrected chi connectivity index (χ2v) is 8.70. The summed E-state index contributed by atoms with van der Waals surface area (Å²) < 4.78 is 11.2. The Balaban J connectivity index is 1.26. The predicted molar refractivity (Wildman–Crippen MR) is 88.0 cm³/mol. The van der Waals surface area contributed by atoms with E-state index in [0.717, 1.165) is 41.9 Å². The molecule has 0 aliphatic heterocycles. The molecule has 5 nitrogen and oxygen atoms in total. The minimum Gasteiger partial charge on any atom is -0.455 e. The maximum absolute atomic E-state index is 12.8. The van der Waals surface area contributed by atoms with Gasteiger partial charge in [0.1, 0.15) is 0 Å². The molecule has 24 heavy (non-hydrogen) atoms. The molecule has 0 atom stereocenters. The van der Waals surface area contributed by atoms with Crippen LogP contribution >= 0.6 is 11.3 Å². The molecule has 0 N–H and O–H groups in total. The van der Waals surface area contributed by atoms with Crippen LogP contribution in [-0.2, 0) is 16.1 Å². The molecule has 0 amide bonds. The van der Waals surface area contributed by atoms with Crippen molar-refractivity contribution in [2.24, 2.45) is 23.2 Å². The van der Waals surface area contributed by atoms with Gasteiger partial charge < -0.3 is 9.15 Å². The number of ether oxygens (including phenoxy) is 1. The van der Waals surface area contributed by atoms with Crippen molar-refractivity contribution in [3.8, 4) is 10.8 Å². The van der Waals surface area contributed by atoms with E-state index in [-0.39, 0.29) is 18.0 Å². The molecular formula is C18H20N2O3S. The highest BCUT2D eigenvalue weighted by atomic mass is 32.1. The maximum atomic E-state index is 12.8. The molecular weight excluding hydrogens is 324 g/mol. The molecule has 4 saturated carbocycles. The van der Waals surface area contributed by atoms with E-state index in [1.54, 1.807) is 11.3 Å². The lowest BCUT2D eigenvalue weighted by atomic mass is 9.49. The Morgan fingerprint density at radius 2 is 1.92 bits per heavy atom. The van der Waals surface area contributed by atoms with E-state index in [1.807, 2.05) is 17.5 Å². The lowest BCUT2D eigenvalue weighted by Crippen LogP contribution is -2.50. The van der Waals surface area contributed by atoms with Gasteiger partial charge in [0.25, 0.3) is 11.8 Å². The number of carbonyl (C=O) groups is 1. The SMILES string of the molecule is O=C(OCc1nnc(-c2cccs2)o1)C12CC3CC(CC(C3)C1)C2. The molecule has 0 saturated heterocycles. The van der Waals surface area contributed by atoms with Gasteiger partial charge in [-0.05, 0) is 67.7 Å². The summed E-state index contributed by atoms with van der Waals surface area (Å²) in [7, 11) is 0. The Morgan fingerprint density at radius 1 is 1.21 bits per heavy atom. The largest absolute Gasteiger partial charge is 0.455 e. The third-order valence-electron chi connectivity index (χ3n) is 6.00. The molecule has 4 fully saturated rings. The van der Waals surface area contributed by atoms with E-state index in [4.69, 9.17) is 9.15 Å². The van der Waals surface area contributed by atoms with E-state index >= 15 is 0 Å². The monoisotopic (exact) mass is 344 g/mol. The summed E-state index contributed by atoms with van der Waals surface area (Å²) in [5.74, 6) is 3.02. The number of hydrogen-bond donors (Lipinski definition) is 0. The van der Waals surface area contributed by atoms with Crippen LogP contribution in [-0.4, -0.2) is 16.2 Å². The average molecular weight is 344 g/mol. The van der Waals surface area contributed by atoms with E-state index in [9.17, 15) is 4.79 Å². The van der Waals surface area contributed by atoms with Gasteiger partial charge in [-0.2, -0.15) is 0 Å². The van der Waals surface area contributed by atoms with Crippen LogP contribution in [0.2, 0.25) is 0 Å². The van der Waals surface area contributed by atoms with Gasteiger partial charge in [-0.1, -0.05) is 6.07 Å². The quantitative estimate of drug-likeness (QED) is 0.783. The van der Waals surface area contributed by atoms with Crippen LogP contribution in [0.15, 0.2) is 21.9 Å². The van der Waals surface area contributed by atoms with Crippen LogP contribution in [0.25, 0.3) is 10.8 Å². The van der Waals surface area contributed by atoms with E-state index in [2.05, 4.69) is 10.2 Å². The van der Waals surface area contributed by atoms with Crippen molar-refractivity contribution in [1.29, 1.82) is 0 Å². The van der Waals surface area contributed by atoms with Gasteiger partial charge in [-0.15, -0.1) is 21.5 Å². The van der Waals surface area contributed by atoms with Crippen molar-refractivity contribution in [3.05, 3.63) is 23.4 Å². The number of hydrogen-bond acceptors (Lipinski definition) is 6. The second-order valence-electron chi connectivity index (χ2n) is 7.75. The fourth-order valence-electron chi connectivity index (χ4n) is 5.45. The molecule has 4 bridgehead atoms. The predicted octanol–water partition coefficient (Wildman–Crippen LogP) is 4.06. The number of nitrogens with zero attached hydrogens (tertiary/aromatic N) is 2. The van der Waals surface area contributed by atoms with Crippen LogP contribution in [0.5, 0.6) is 0 Å². The fourth-order valence-corrected chi connectivity index (χ4v) is 6.10. The normalized spacial score (nSPS) is 33.8. The van der Waals surface area contributed by atoms with Crippen molar-refractivity contribution < 1.29 is 13.9 Å². The molecule has 2 heterocycles. The standard InChI is InChI=1S/C18H20N2O3S/c21-17(18-7-11-4-12(8-18)6-13(5-11)9-18)22-10-15-19-20-16(23-15)14-2-1-3-24-14/h1-3,11-13H,4-10H2. The third kappa shape index (κ3) is 2.39. The smallest absolute Gasteiger partial charge is 0.312 e. The molecule has 4 aliphatic rings. The van der Waals surface area contributed by atoms with Crippen molar-refractivity contribution in [2.45, 2.75) is 45.1 Å². The first-order valence-electron chi connectivity index (χ1n) is 8.74. The molecule has 0 unspecified atom stereocenters. The van der Waals surface area contributed by atoms with Gasteiger partial charge in [0, 0.05) is 0 Å². The Kier molecular flexibility index (Phi) is 3.30. The van der Waals surface area contributed by atoms with Crippen molar-refractivity contribution in [1.82, 2.24) is 10.2 Å². The van der Waals surface area contributed by atoms with Crippen LogP contribution in [0.1, 0.15) is 44.4 Å². The summed E-state index contributed by atoms with van der Waals surface area (Å²) in [5.41, 5.74) is -0.231. The van der Waals surface area contributed by atoms with E-state index in [0.29, 0.717) is 11.8 Å². The second kappa shape index (κ2) is 5.41. The Bertz CT molecular complexity index is 717. The molecule has 6 heteroatoms. The van der Waals surface area contributed by atoms with Gasteiger partial charge in [-0.3, -0.25) is 4.79 Å². The third-order valence-corrected chi connectivity index (χ3v) is 6.85. The zero-order chi connectivity index (χ0) is 16.1. The zero-order valence-corrected chi connectivity index (χ0v) is 14.3. The molecule has 2 aromatic rings. The van der Waals surface area contributed by atoms with Crippen molar-refractivity contribution in [2.75, 3.05) is 0 Å². The van der Waals surface area contributed by atoms with E-state index < -0.39 is 0 Å². The summed E-state index contributed by atoms with van der Waals surface area (Å²) in [6, 6.07) is 3.88. The highest BCUT2D eigenvalue weighted by Crippen LogP contribution is 2.60. The molecule has 0 radical (unpaired) electrons. The topological polar surface area (TPSA) is 65.2 Å². The first-order chi connectivity index (χ1) is 11.7. The molecule has 6 rings (SSSR count). The fraction of sp³-hybridized carbons (Fsp3) is 0.611. The highest BCUT2D eigenvalue weighted by Gasteiger charge is 2.55. The van der Waals surface area contributed by atoms with Crippen molar-refractivity contribution in [3.63, 3.8) is 0 Å². The summed E-state index contributed by atoms with van der Waals surface area (Å²) in [6.45, 7) is 0.0823. The lowest BCUT2D eigenvalue weighted by Gasteiger charge is -2.55. The zero-order valence-electron chi connectivity index (χ0n) is 13.4. The Labute approximate surface area is 144 Å². The minimum atomic E-state index is -0.231. The van der Waals surface area contributed by atoms with Gasteiger partial charge in [0.05, 0.1) is 10.3 Å². The number of aromatic nitrogens is 2. The van der Waals surface area contributed by atoms with Crippen LogP contribution in [0, 0.1) is 23.2 Å². The van der Waals surface area contributed by atoms with E-state index in [1.165, 1.54) is 19.3 Å². The minimum absolute atomic E-state index is 0.0440. The Hall–Kier alpha value is -1.69. The van der Waals surface area contributed by atoms with Crippen LogP contribution < -0.4 is 0 Å². The average Bonchev–Trinajstić information content (AvgIpc) is 3.22. The van der Waals surface area contributed by atoms with Crippen molar-refractivity contribution >= 4 is 17.3 Å². The molecule has 4 aliphatic carbocycles. The molecule has 0 spiro atoms. The summed E-state index contributed by atoms with van der Waals surface area (Å²) in [5, 5.41) is 10.00. The number of carbonyl (C=O) groups excluding carboxylic acids is 1. The van der Waals surface area contributed by atoms with Gasteiger partial charge in [0.2, 0.25) is 0 Å². The summed E-state index contributed by atoms with van der Waals surface area (Å²) in [4.78, 5) is 13.7. The number of thiophene rings is 1. The number of rotatable bonds is 4. The first-order valence-corrected chi connectivity index (χ1v) is 9.62. The van der Waals surface area contributed by atoms with Gasteiger partial charge in [-0.25, -0.2) is 0 Å². The maximum Gasteiger partial charge on any atom is 0.312 e. The molecule has 0 aromatic carbocycles. The summed E-state index contributed by atoms with van der Waals surface area (Å²) in [6.07, 6.45) is 7.01. The van der Waals surface area contributed by atoms with Crippen LogP contribution in [0.3, 0.4) is 0 Å². The van der Waals surface area contributed by atoms with Gasteiger partial charge in [0.15, 0.2) is 6.61 Å². The summed E-state index contributed by atoms with van der Waals surface area (Å²) >= 11 is 1.55. The molecule has 126 valence electrons.